The van der Waals surface area contributed by atoms with Gasteiger partial charge in [0.1, 0.15) is 5.76 Å². The maximum Gasteiger partial charge on any atom is 0.225 e. The van der Waals surface area contributed by atoms with Crippen molar-refractivity contribution in [2.24, 2.45) is 5.92 Å². The van der Waals surface area contributed by atoms with E-state index in [-0.39, 0.29) is 5.92 Å². The van der Waals surface area contributed by atoms with Crippen LogP contribution < -0.4 is 0 Å². The lowest BCUT2D eigenvalue weighted by Gasteiger charge is -2.35. The Morgan fingerprint density at radius 2 is 1.91 bits per heavy atom. The quantitative estimate of drug-likeness (QED) is 0.852. The number of carbonyl (C=O) groups excluding carboxylic acids is 1. The minimum Gasteiger partial charge on any atom is -0.361 e. The number of aromatic nitrogens is 1. The van der Waals surface area contributed by atoms with Gasteiger partial charge in [0.05, 0.1) is 5.69 Å². The summed E-state index contributed by atoms with van der Waals surface area (Å²) in [5, 5.41) is 4.02. The summed E-state index contributed by atoms with van der Waals surface area (Å²) in [6.45, 7) is 8.70. The molecule has 0 spiro atoms. The highest BCUT2D eigenvalue weighted by atomic mass is 32.2. The van der Waals surface area contributed by atoms with Gasteiger partial charge in [-0.05, 0) is 39.8 Å². The van der Waals surface area contributed by atoms with E-state index in [1.807, 2.05) is 25.6 Å². The number of nitrogens with zero attached hydrogens (tertiary/aromatic N) is 3. The summed E-state index contributed by atoms with van der Waals surface area (Å²) >= 11 is 1.95. The lowest BCUT2D eigenvalue weighted by molar-refractivity contribution is -0.136. The van der Waals surface area contributed by atoms with Gasteiger partial charge in [0.2, 0.25) is 5.91 Å². The number of piperidine rings is 1. The highest BCUT2D eigenvalue weighted by Gasteiger charge is 2.29. The second-order valence-corrected chi connectivity index (χ2v) is 7.52. The summed E-state index contributed by atoms with van der Waals surface area (Å²) < 4.78 is 5.24. The van der Waals surface area contributed by atoms with Crippen LogP contribution in [0.2, 0.25) is 0 Å². The van der Waals surface area contributed by atoms with Crippen LogP contribution in [-0.2, 0) is 11.3 Å². The molecular formula is C16H25N3O2S. The molecule has 0 radical (unpaired) electrons. The van der Waals surface area contributed by atoms with Gasteiger partial charge >= 0.3 is 0 Å². The van der Waals surface area contributed by atoms with Crippen molar-refractivity contribution < 1.29 is 9.32 Å². The number of amides is 1. The highest BCUT2D eigenvalue weighted by Crippen LogP contribution is 2.24. The third-order valence-electron chi connectivity index (χ3n) is 4.82. The van der Waals surface area contributed by atoms with E-state index in [9.17, 15) is 4.79 Å². The molecule has 0 bridgehead atoms. The van der Waals surface area contributed by atoms with E-state index in [1.165, 1.54) is 5.56 Å². The van der Waals surface area contributed by atoms with Gasteiger partial charge in [0.15, 0.2) is 0 Å². The van der Waals surface area contributed by atoms with Gasteiger partial charge in [-0.1, -0.05) is 5.16 Å². The third-order valence-corrected chi connectivity index (χ3v) is 5.77. The number of likely N-dealkylation sites (tertiary alicyclic amines) is 1. The van der Waals surface area contributed by atoms with Crippen LogP contribution in [0.15, 0.2) is 4.52 Å². The second kappa shape index (κ2) is 7.04. The molecule has 0 atom stereocenters. The molecule has 2 aliphatic rings. The highest BCUT2D eigenvalue weighted by molar-refractivity contribution is 7.99. The Bertz CT molecular complexity index is 498. The average Bonchev–Trinajstić information content (AvgIpc) is 2.88. The summed E-state index contributed by atoms with van der Waals surface area (Å²) in [7, 11) is 0. The SMILES string of the molecule is Cc1noc(C)c1CN1CCC(C(=O)N2CCSCC2)CC1. The first-order valence-electron chi connectivity index (χ1n) is 8.16. The van der Waals surface area contributed by atoms with E-state index in [4.69, 9.17) is 4.52 Å². The van der Waals surface area contributed by atoms with E-state index in [2.05, 4.69) is 15.0 Å². The van der Waals surface area contributed by atoms with Crippen LogP contribution in [-0.4, -0.2) is 58.5 Å². The van der Waals surface area contributed by atoms with Gasteiger partial charge in [-0.15, -0.1) is 0 Å². The zero-order chi connectivity index (χ0) is 15.5. The first kappa shape index (κ1) is 15.9. The number of carbonyl (C=O) groups is 1. The van der Waals surface area contributed by atoms with Crippen LogP contribution in [0.4, 0.5) is 0 Å². The van der Waals surface area contributed by atoms with Crippen LogP contribution >= 0.6 is 11.8 Å². The number of hydrogen-bond acceptors (Lipinski definition) is 5. The Hall–Kier alpha value is -1.01. The summed E-state index contributed by atoms with van der Waals surface area (Å²) in [4.78, 5) is 17.1. The first-order chi connectivity index (χ1) is 10.6. The van der Waals surface area contributed by atoms with Crippen molar-refractivity contribution >= 4 is 17.7 Å². The van der Waals surface area contributed by atoms with Crippen molar-refractivity contribution in [2.75, 3.05) is 37.7 Å². The number of hydrogen-bond donors (Lipinski definition) is 0. The summed E-state index contributed by atoms with van der Waals surface area (Å²) in [5.41, 5.74) is 2.19. The van der Waals surface area contributed by atoms with E-state index >= 15 is 0 Å². The lowest BCUT2D eigenvalue weighted by Crippen LogP contribution is -2.45. The normalized spacial score (nSPS) is 21.3. The van der Waals surface area contributed by atoms with Gasteiger partial charge in [-0.2, -0.15) is 11.8 Å². The first-order valence-corrected chi connectivity index (χ1v) is 9.31. The minimum absolute atomic E-state index is 0.226. The molecule has 22 heavy (non-hydrogen) atoms. The van der Waals surface area contributed by atoms with Crippen molar-refractivity contribution in [3.63, 3.8) is 0 Å². The summed E-state index contributed by atoms with van der Waals surface area (Å²) in [6, 6.07) is 0. The zero-order valence-corrected chi connectivity index (χ0v) is 14.3. The Morgan fingerprint density at radius 1 is 1.23 bits per heavy atom. The smallest absolute Gasteiger partial charge is 0.225 e. The van der Waals surface area contributed by atoms with Crippen molar-refractivity contribution in [1.29, 1.82) is 0 Å². The van der Waals surface area contributed by atoms with Crippen molar-refractivity contribution in [3.05, 3.63) is 17.0 Å². The van der Waals surface area contributed by atoms with Gasteiger partial charge in [-0.25, -0.2) is 0 Å². The molecule has 0 N–H and O–H groups in total. The Kier molecular flexibility index (Phi) is 5.08. The van der Waals surface area contributed by atoms with Crippen molar-refractivity contribution in [3.8, 4) is 0 Å². The largest absolute Gasteiger partial charge is 0.361 e. The molecule has 0 unspecified atom stereocenters. The third kappa shape index (κ3) is 3.49. The summed E-state index contributed by atoms with van der Waals surface area (Å²) in [5.74, 6) is 3.72. The Balaban J connectivity index is 1.51. The molecule has 122 valence electrons. The Labute approximate surface area is 136 Å². The van der Waals surface area contributed by atoms with Gasteiger partial charge in [-0.3, -0.25) is 9.69 Å². The van der Waals surface area contributed by atoms with Crippen molar-refractivity contribution in [1.82, 2.24) is 15.0 Å². The molecule has 1 aromatic heterocycles. The second-order valence-electron chi connectivity index (χ2n) is 6.29. The monoisotopic (exact) mass is 323 g/mol. The zero-order valence-electron chi connectivity index (χ0n) is 13.5. The van der Waals surface area contributed by atoms with Crippen LogP contribution in [0.1, 0.15) is 29.9 Å². The van der Waals surface area contributed by atoms with Gasteiger partial charge in [0.25, 0.3) is 0 Å². The van der Waals surface area contributed by atoms with Gasteiger partial charge < -0.3 is 9.42 Å². The maximum absolute atomic E-state index is 12.6. The molecule has 3 heterocycles. The molecular weight excluding hydrogens is 298 g/mol. The van der Waals surface area contributed by atoms with Crippen LogP contribution in [0, 0.1) is 19.8 Å². The number of rotatable bonds is 3. The predicted molar refractivity (Wildman–Crippen MR) is 87.9 cm³/mol. The number of aryl methyl sites for hydroxylation is 2. The molecule has 1 amide bonds. The van der Waals surface area contributed by atoms with Crippen LogP contribution in [0.25, 0.3) is 0 Å². The predicted octanol–water partition coefficient (Wildman–Crippen LogP) is 2.08. The van der Waals surface area contributed by atoms with E-state index in [1.54, 1.807) is 0 Å². The number of thioether (sulfide) groups is 1. The molecule has 1 aromatic rings. The topological polar surface area (TPSA) is 49.6 Å². The molecule has 0 saturated carbocycles. The molecule has 2 saturated heterocycles. The molecule has 2 aliphatic heterocycles. The fourth-order valence-corrected chi connectivity index (χ4v) is 4.23. The fourth-order valence-electron chi connectivity index (χ4n) is 3.33. The Morgan fingerprint density at radius 3 is 2.50 bits per heavy atom. The molecule has 2 fully saturated rings. The van der Waals surface area contributed by atoms with E-state index in [0.717, 1.165) is 68.5 Å². The average molecular weight is 323 g/mol. The fraction of sp³-hybridized carbons (Fsp3) is 0.750. The van der Waals surface area contributed by atoms with Gasteiger partial charge in [0, 0.05) is 42.6 Å². The maximum atomic E-state index is 12.6. The molecule has 5 nitrogen and oxygen atoms in total. The molecule has 0 aliphatic carbocycles. The van der Waals surface area contributed by atoms with Crippen LogP contribution in [0.3, 0.4) is 0 Å². The molecule has 0 aromatic carbocycles. The van der Waals surface area contributed by atoms with E-state index < -0.39 is 0 Å². The lowest BCUT2D eigenvalue weighted by atomic mass is 9.94. The van der Waals surface area contributed by atoms with Crippen LogP contribution in [0.5, 0.6) is 0 Å². The standard InChI is InChI=1S/C16H25N3O2S/c1-12-15(13(2)21-17-12)11-18-5-3-14(4-6-18)16(20)19-7-9-22-10-8-19/h14H,3-11H2,1-2H3. The summed E-state index contributed by atoms with van der Waals surface area (Å²) in [6.07, 6.45) is 1.96. The molecule has 6 heteroatoms. The van der Waals surface area contributed by atoms with E-state index in [0.29, 0.717) is 5.91 Å². The van der Waals surface area contributed by atoms with Crippen molar-refractivity contribution in [2.45, 2.75) is 33.2 Å². The molecule has 3 rings (SSSR count). The minimum atomic E-state index is 0.226.